The predicted octanol–water partition coefficient (Wildman–Crippen LogP) is 2.31. The maximum Gasteiger partial charge on any atom is 0.257 e. The molecule has 6 nitrogen and oxygen atoms in total. The van der Waals surface area contributed by atoms with Gasteiger partial charge in [-0.25, -0.2) is 0 Å². The van der Waals surface area contributed by atoms with Gasteiger partial charge in [0.15, 0.2) is 0 Å². The van der Waals surface area contributed by atoms with E-state index in [1.807, 2.05) is 0 Å². The summed E-state index contributed by atoms with van der Waals surface area (Å²) in [5.41, 5.74) is 0.502. The number of nitrogens with one attached hydrogen (secondary N) is 1. The number of ether oxygens (including phenoxy) is 1. The molecule has 0 aromatic carbocycles. The number of rotatable bonds is 11. The number of hydrogen-bond donors (Lipinski definition) is 1. The number of methoxy groups -OCH3 is 1. The summed E-state index contributed by atoms with van der Waals surface area (Å²) < 4.78 is 9.99. The molecule has 0 unspecified atom stereocenters. The monoisotopic (exact) mass is 324 g/mol. The standard InChI is InChI=1S/C17H28N2O4/c1-14(2)5-8-18-16(20)6-10-19(9-4-11-22-3)17(21)15-7-12-23-13-15/h7,12-14H,4-6,8-11H2,1-3H3,(H,18,20). The van der Waals surface area contributed by atoms with Crippen molar-refractivity contribution in [3.8, 4) is 0 Å². The van der Waals surface area contributed by atoms with Crippen LogP contribution in [0.25, 0.3) is 0 Å². The number of carbonyl (C=O) groups excluding carboxylic acids is 2. The molecule has 1 aromatic heterocycles. The molecule has 0 spiro atoms. The van der Waals surface area contributed by atoms with E-state index in [9.17, 15) is 9.59 Å². The van der Waals surface area contributed by atoms with E-state index in [4.69, 9.17) is 9.15 Å². The van der Waals surface area contributed by atoms with Gasteiger partial charge in [-0.1, -0.05) is 13.8 Å². The molecule has 0 saturated heterocycles. The van der Waals surface area contributed by atoms with Gasteiger partial charge >= 0.3 is 0 Å². The summed E-state index contributed by atoms with van der Waals surface area (Å²) in [7, 11) is 1.63. The normalized spacial score (nSPS) is 10.8. The number of hydrogen-bond acceptors (Lipinski definition) is 4. The number of amides is 2. The average molecular weight is 324 g/mol. The highest BCUT2D eigenvalue weighted by molar-refractivity contribution is 5.94. The molecule has 0 atom stereocenters. The highest BCUT2D eigenvalue weighted by Crippen LogP contribution is 2.07. The van der Waals surface area contributed by atoms with Crippen molar-refractivity contribution in [2.75, 3.05) is 33.4 Å². The van der Waals surface area contributed by atoms with Gasteiger partial charge in [-0.05, 0) is 24.8 Å². The summed E-state index contributed by atoms with van der Waals surface area (Å²) >= 11 is 0. The molecule has 1 rings (SSSR count). The van der Waals surface area contributed by atoms with Crippen molar-refractivity contribution in [2.24, 2.45) is 5.92 Å². The van der Waals surface area contributed by atoms with Crippen molar-refractivity contribution in [3.63, 3.8) is 0 Å². The molecule has 0 aliphatic carbocycles. The van der Waals surface area contributed by atoms with Crippen LogP contribution >= 0.6 is 0 Å². The first-order chi connectivity index (χ1) is 11.0. The Kier molecular flexibility index (Phi) is 9.05. The van der Waals surface area contributed by atoms with Crippen molar-refractivity contribution in [2.45, 2.75) is 33.1 Å². The van der Waals surface area contributed by atoms with Crippen molar-refractivity contribution >= 4 is 11.8 Å². The van der Waals surface area contributed by atoms with Crippen molar-refractivity contribution < 1.29 is 18.7 Å². The second-order valence-corrected chi connectivity index (χ2v) is 5.93. The smallest absolute Gasteiger partial charge is 0.257 e. The van der Waals surface area contributed by atoms with Gasteiger partial charge < -0.3 is 19.4 Å². The van der Waals surface area contributed by atoms with Crippen LogP contribution in [0.5, 0.6) is 0 Å². The molecular formula is C17H28N2O4. The molecule has 0 bridgehead atoms. The second-order valence-electron chi connectivity index (χ2n) is 5.93. The second kappa shape index (κ2) is 10.8. The molecule has 0 aliphatic rings. The van der Waals surface area contributed by atoms with Crippen molar-refractivity contribution in [1.29, 1.82) is 0 Å². The summed E-state index contributed by atoms with van der Waals surface area (Å²) in [5, 5.41) is 2.89. The number of furan rings is 1. The largest absolute Gasteiger partial charge is 0.472 e. The van der Waals surface area contributed by atoms with Crippen LogP contribution < -0.4 is 5.32 Å². The molecule has 1 aromatic rings. The lowest BCUT2D eigenvalue weighted by Crippen LogP contribution is -2.36. The lowest BCUT2D eigenvalue weighted by atomic mass is 10.1. The topological polar surface area (TPSA) is 71.8 Å². The van der Waals surface area contributed by atoms with Crippen LogP contribution in [-0.4, -0.2) is 50.1 Å². The molecule has 0 radical (unpaired) electrons. The molecule has 2 amide bonds. The van der Waals surface area contributed by atoms with Gasteiger partial charge in [0.1, 0.15) is 6.26 Å². The van der Waals surface area contributed by atoms with Gasteiger partial charge in [0.2, 0.25) is 5.91 Å². The van der Waals surface area contributed by atoms with Gasteiger partial charge in [0.25, 0.3) is 5.91 Å². The van der Waals surface area contributed by atoms with Crippen molar-refractivity contribution in [1.82, 2.24) is 10.2 Å². The van der Waals surface area contributed by atoms with E-state index in [1.165, 1.54) is 12.5 Å². The first-order valence-corrected chi connectivity index (χ1v) is 8.11. The third-order valence-electron chi connectivity index (χ3n) is 3.48. The molecule has 0 saturated carbocycles. The first-order valence-electron chi connectivity index (χ1n) is 8.11. The van der Waals surface area contributed by atoms with Gasteiger partial charge in [0.05, 0.1) is 11.8 Å². The van der Waals surface area contributed by atoms with E-state index in [0.717, 1.165) is 12.8 Å². The minimum Gasteiger partial charge on any atom is -0.472 e. The summed E-state index contributed by atoms with van der Waals surface area (Å²) in [6.07, 6.45) is 4.88. The van der Waals surface area contributed by atoms with Crippen LogP contribution in [0.1, 0.15) is 43.5 Å². The quantitative estimate of drug-likeness (QED) is 0.634. The van der Waals surface area contributed by atoms with E-state index in [2.05, 4.69) is 19.2 Å². The Balaban J connectivity index is 2.45. The maximum atomic E-state index is 12.4. The zero-order valence-corrected chi connectivity index (χ0v) is 14.3. The van der Waals surface area contributed by atoms with Gasteiger partial charge in [-0.3, -0.25) is 9.59 Å². The van der Waals surface area contributed by atoms with Gasteiger partial charge in [0, 0.05) is 39.8 Å². The van der Waals surface area contributed by atoms with Gasteiger partial charge in [-0.15, -0.1) is 0 Å². The van der Waals surface area contributed by atoms with Crippen LogP contribution in [0.3, 0.4) is 0 Å². The first kappa shape index (κ1) is 19.2. The molecule has 130 valence electrons. The molecule has 0 aliphatic heterocycles. The molecule has 6 heteroatoms. The molecule has 1 N–H and O–H groups in total. The maximum absolute atomic E-state index is 12.4. The Morgan fingerprint density at radius 3 is 2.74 bits per heavy atom. The summed E-state index contributed by atoms with van der Waals surface area (Å²) in [4.78, 5) is 26.0. The summed E-state index contributed by atoms with van der Waals surface area (Å²) in [5.74, 6) is 0.413. The van der Waals surface area contributed by atoms with Crippen LogP contribution in [0, 0.1) is 5.92 Å². The lowest BCUT2D eigenvalue weighted by Gasteiger charge is -2.22. The average Bonchev–Trinajstić information content (AvgIpc) is 3.04. The fourth-order valence-electron chi connectivity index (χ4n) is 2.11. The molecule has 0 fully saturated rings. The minimum atomic E-state index is -0.121. The van der Waals surface area contributed by atoms with Crippen LogP contribution in [0.4, 0.5) is 0 Å². The Bertz CT molecular complexity index is 457. The highest BCUT2D eigenvalue weighted by Gasteiger charge is 2.17. The van der Waals surface area contributed by atoms with E-state index in [1.54, 1.807) is 18.1 Å². The van der Waals surface area contributed by atoms with Crippen LogP contribution in [-0.2, 0) is 9.53 Å². The fraction of sp³-hybridized carbons (Fsp3) is 0.647. The van der Waals surface area contributed by atoms with Crippen LogP contribution in [0.2, 0.25) is 0 Å². The van der Waals surface area contributed by atoms with E-state index in [-0.39, 0.29) is 11.8 Å². The number of nitrogens with zero attached hydrogens (tertiary/aromatic N) is 1. The Labute approximate surface area is 138 Å². The predicted molar refractivity (Wildman–Crippen MR) is 88.2 cm³/mol. The molecule has 1 heterocycles. The summed E-state index contributed by atoms with van der Waals surface area (Å²) in [6.45, 7) is 6.44. The lowest BCUT2D eigenvalue weighted by molar-refractivity contribution is -0.121. The zero-order valence-electron chi connectivity index (χ0n) is 14.3. The molecule has 23 heavy (non-hydrogen) atoms. The third-order valence-corrected chi connectivity index (χ3v) is 3.48. The summed E-state index contributed by atoms with van der Waals surface area (Å²) in [6, 6.07) is 1.63. The van der Waals surface area contributed by atoms with Crippen molar-refractivity contribution in [3.05, 3.63) is 24.2 Å². The van der Waals surface area contributed by atoms with E-state index < -0.39 is 0 Å². The van der Waals surface area contributed by atoms with E-state index in [0.29, 0.717) is 44.1 Å². The molecular weight excluding hydrogens is 296 g/mol. The van der Waals surface area contributed by atoms with E-state index >= 15 is 0 Å². The zero-order chi connectivity index (χ0) is 17.1. The highest BCUT2D eigenvalue weighted by atomic mass is 16.5. The Hall–Kier alpha value is -1.82. The van der Waals surface area contributed by atoms with Gasteiger partial charge in [-0.2, -0.15) is 0 Å². The third kappa shape index (κ3) is 7.83. The Morgan fingerprint density at radius 2 is 2.13 bits per heavy atom. The SMILES string of the molecule is COCCCN(CCC(=O)NCCC(C)C)C(=O)c1ccoc1. The van der Waals surface area contributed by atoms with Crippen LogP contribution in [0.15, 0.2) is 23.0 Å². The number of carbonyl (C=O) groups is 2. The fourth-order valence-corrected chi connectivity index (χ4v) is 2.11. The Morgan fingerprint density at radius 1 is 1.35 bits per heavy atom. The minimum absolute atomic E-state index is 0.0256.